The van der Waals surface area contributed by atoms with Crippen molar-refractivity contribution in [1.82, 2.24) is 4.98 Å². The number of nitro groups is 1. The van der Waals surface area contributed by atoms with Crippen LogP contribution in [0.4, 0.5) is 5.69 Å². The van der Waals surface area contributed by atoms with Gasteiger partial charge in [-0.2, -0.15) is 5.26 Å². The summed E-state index contributed by atoms with van der Waals surface area (Å²) in [4.78, 5) is 14.8. The normalized spacial score (nSPS) is 11.2. The Morgan fingerprint density at radius 1 is 1.39 bits per heavy atom. The third kappa shape index (κ3) is 3.17. The number of nitrogens with zero attached hydrogens (tertiary/aromatic N) is 3. The van der Waals surface area contributed by atoms with Crippen LogP contribution in [0.2, 0.25) is 0 Å². The van der Waals surface area contributed by atoms with Gasteiger partial charge in [-0.3, -0.25) is 10.1 Å². The lowest BCUT2D eigenvalue weighted by Crippen LogP contribution is -1.88. The first-order valence-electron chi connectivity index (χ1n) is 6.53. The number of rotatable bonds is 4. The molecule has 23 heavy (non-hydrogen) atoms. The van der Waals surface area contributed by atoms with Crippen molar-refractivity contribution in [2.24, 2.45) is 0 Å². The van der Waals surface area contributed by atoms with E-state index in [-0.39, 0.29) is 5.69 Å². The molecule has 3 aromatic rings. The van der Waals surface area contributed by atoms with E-state index in [0.29, 0.717) is 27.6 Å². The van der Waals surface area contributed by atoms with E-state index in [9.17, 15) is 15.4 Å². The van der Waals surface area contributed by atoms with Gasteiger partial charge in [-0.25, -0.2) is 4.98 Å². The number of hydrogen-bond acceptors (Lipinski definition) is 6. The molecule has 0 aliphatic carbocycles. The zero-order valence-corrected chi connectivity index (χ0v) is 12.5. The number of aromatic nitrogens is 1. The number of non-ortho nitro benzene ring substituents is 1. The van der Waals surface area contributed by atoms with Gasteiger partial charge in [0.05, 0.1) is 22.5 Å². The molecule has 7 heteroatoms. The highest BCUT2D eigenvalue weighted by atomic mass is 32.1. The third-order valence-electron chi connectivity index (χ3n) is 3.04. The molecule has 0 saturated carbocycles. The summed E-state index contributed by atoms with van der Waals surface area (Å²) in [6.07, 6.45) is 3.13. The molecule has 2 aromatic heterocycles. The van der Waals surface area contributed by atoms with Crippen molar-refractivity contribution in [2.75, 3.05) is 0 Å². The summed E-state index contributed by atoms with van der Waals surface area (Å²) in [5, 5.41) is 22.4. The molecule has 0 spiro atoms. The van der Waals surface area contributed by atoms with E-state index in [4.69, 9.17) is 4.42 Å². The maximum atomic E-state index is 10.8. The van der Waals surface area contributed by atoms with Gasteiger partial charge in [0.15, 0.2) is 0 Å². The molecule has 0 saturated heterocycles. The minimum absolute atomic E-state index is 0.00341. The Morgan fingerprint density at radius 2 is 2.26 bits per heavy atom. The van der Waals surface area contributed by atoms with Crippen molar-refractivity contribution in [3.05, 3.63) is 68.9 Å². The summed E-state index contributed by atoms with van der Waals surface area (Å²) >= 11 is 1.30. The number of thiazole rings is 1. The standard InChI is InChI=1S/C16H9N3O3S/c17-9-12(8-14-5-2-6-22-14)16-18-15(10-23-16)11-3-1-4-13(7-11)19(20)21/h1-8,10H. The fraction of sp³-hybridized carbons (Fsp3) is 0. The van der Waals surface area contributed by atoms with Gasteiger partial charge in [0.25, 0.3) is 5.69 Å². The Hall–Kier alpha value is -3.24. The summed E-state index contributed by atoms with van der Waals surface area (Å²) < 4.78 is 5.20. The first kappa shape index (κ1) is 14.7. The smallest absolute Gasteiger partial charge is 0.270 e. The van der Waals surface area contributed by atoms with E-state index >= 15 is 0 Å². The van der Waals surface area contributed by atoms with Crippen molar-refractivity contribution in [3.8, 4) is 17.3 Å². The summed E-state index contributed by atoms with van der Waals surface area (Å²) in [6.45, 7) is 0. The first-order chi connectivity index (χ1) is 11.2. The minimum Gasteiger partial charge on any atom is -0.465 e. The zero-order valence-electron chi connectivity index (χ0n) is 11.7. The van der Waals surface area contributed by atoms with Gasteiger partial charge in [0.1, 0.15) is 16.8 Å². The fourth-order valence-corrected chi connectivity index (χ4v) is 2.76. The maximum Gasteiger partial charge on any atom is 0.270 e. The maximum absolute atomic E-state index is 10.8. The number of nitriles is 1. The summed E-state index contributed by atoms with van der Waals surface area (Å²) in [5.74, 6) is 0.564. The third-order valence-corrected chi connectivity index (χ3v) is 3.91. The molecule has 0 fully saturated rings. The average molecular weight is 323 g/mol. The Bertz CT molecular complexity index is 920. The van der Waals surface area contributed by atoms with Gasteiger partial charge >= 0.3 is 0 Å². The van der Waals surface area contributed by atoms with Gasteiger partial charge < -0.3 is 4.42 Å². The number of nitro benzene ring substituents is 1. The Morgan fingerprint density at radius 3 is 2.96 bits per heavy atom. The topological polar surface area (TPSA) is 93.0 Å². The molecule has 2 heterocycles. The number of hydrogen-bond donors (Lipinski definition) is 0. The predicted molar refractivity (Wildman–Crippen MR) is 86.4 cm³/mol. The van der Waals surface area contributed by atoms with Crippen LogP contribution in [0, 0.1) is 21.4 Å². The van der Waals surface area contributed by atoms with E-state index < -0.39 is 4.92 Å². The lowest BCUT2D eigenvalue weighted by Gasteiger charge is -1.96. The van der Waals surface area contributed by atoms with Gasteiger partial charge in [-0.05, 0) is 12.1 Å². The highest BCUT2D eigenvalue weighted by molar-refractivity contribution is 7.11. The van der Waals surface area contributed by atoms with Crippen LogP contribution in [0.25, 0.3) is 22.9 Å². The molecule has 6 nitrogen and oxygen atoms in total. The second kappa shape index (κ2) is 6.25. The largest absolute Gasteiger partial charge is 0.465 e. The monoisotopic (exact) mass is 323 g/mol. The van der Waals surface area contributed by atoms with E-state index in [0.717, 1.165) is 0 Å². The van der Waals surface area contributed by atoms with Crippen molar-refractivity contribution >= 4 is 28.7 Å². The SMILES string of the molecule is N#CC(=Cc1ccco1)c1nc(-c2cccc([N+](=O)[O-])c2)cs1. The Balaban J connectivity index is 1.96. The molecule has 0 aliphatic heterocycles. The van der Waals surface area contributed by atoms with Crippen LogP contribution in [-0.2, 0) is 0 Å². The van der Waals surface area contributed by atoms with Gasteiger partial charge in [-0.1, -0.05) is 12.1 Å². The molecule has 0 unspecified atom stereocenters. The number of furan rings is 1. The summed E-state index contributed by atoms with van der Waals surface area (Å²) in [5.41, 5.74) is 1.61. The lowest BCUT2D eigenvalue weighted by atomic mass is 10.1. The molecular weight excluding hydrogens is 314 g/mol. The molecule has 0 N–H and O–H groups in total. The minimum atomic E-state index is -0.450. The second-order valence-electron chi connectivity index (χ2n) is 4.53. The van der Waals surface area contributed by atoms with Crippen molar-refractivity contribution < 1.29 is 9.34 Å². The van der Waals surface area contributed by atoms with E-state index in [1.807, 2.05) is 0 Å². The predicted octanol–water partition coefficient (Wildman–Crippen LogP) is 4.38. The van der Waals surface area contributed by atoms with Crippen LogP contribution in [0.1, 0.15) is 10.8 Å². The number of benzene rings is 1. The molecule has 0 bridgehead atoms. The lowest BCUT2D eigenvalue weighted by molar-refractivity contribution is -0.384. The van der Waals surface area contributed by atoms with Crippen LogP contribution in [0.3, 0.4) is 0 Å². The molecule has 0 radical (unpaired) electrons. The van der Waals surface area contributed by atoms with E-state index in [1.54, 1.807) is 35.7 Å². The Kier molecular flexibility index (Phi) is 3.99. The van der Waals surface area contributed by atoms with Crippen molar-refractivity contribution in [3.63, 3.8) is 0 Å². The summed E-state index contributed by atoms with van der Waals surface area (Å²) in [7, 11) is 0. The Labute approximate surface area is 135 Å². The van der Waals surface area contributed by atoms with Gasteiger partial charge in [0.2, 0.25) is 0 Å². The quantitative estimate of drug-likeness (QED) is 0.403. The van der Waals surface area contributed by atoms with Gasteiger partial charge in [-0.15, -0.1) is 11.3 Å². The second-order valence-corrected chi connectivity index (χ2v) is 5.39. The first-order valence-corrected chi connectivity index (χ1v) is 7.41. The average Bonchev–Trinajstić information content (AvgIpc) is 3.24. The molecule has 0 aliphatic rings. The zero-order chi connectivity index (χ0) is 16.2. The van der Waals surface area contributed by atoms with Gasteiger partial charge in [0, 0.05) is 29.2 Å². The molecule has 0 amide bonds. The van der Waals surface area contributed by atoms with Crippen LogP contribution < -0.4 is 0 Å². The fourth-order valence-electron chi connectivity index (χ4n) is 1.97. The molecule has 0 atom stereocenters. The molecular formula is C16H9N3O3S. The van der Waals surface area contributed by atoms with Crippen LogP contribution >= 0.6 is 11.3 Å². The summed E-state index contributed by atoms with van der Waals surface area (Å²) in [6, 6.07) is 11.8. The molecule has 112 valence electrons. The highest BCUT2D eigenvalue weighted by Crippen LogP contribution is 2.29. The van der Waals surface area contributed by atoms with Crippen LogP contribution in [0.5, 0.6) is 0 Å². The molecule has 1 aromatic carbocycles. The molecule has 3 rings (SSSR count). The highest BCUT2D eigenvalue weighted by Gasteiger charge is 2.12. The van der Waals surface area contributed by atoms with Crippen molar-refractivity contribution in [2.45, 2.75) is 0 Å². The van der Waals surface area contributed by atoms with E-state index in [1.165, 1.54) is 29.7 Å². The van der Waals surface area contributed by atoms with E-state index in [2.05, 4.69) is 11.1 Å². The van der Waals surface area contributed by atoms with Crippen LogP contribution in [0.15, 0.2) is 52.5 Å². The van der Waals surface area contributed by atoms with Crippen molar-refractivity contribution in [1.29, 1.82) is 5.26 Å². The number of allylic oxidation sites excluding steroid dienone is 1. The van der Waals surface area contributed by atoms with Crippen LogP contribution in [-0.4, -0.2) is 9.91 Å².